The van der Waals surface area contributed by atoms with Crippen LogP contribution in [-0.2, 0) is 16.6 Å². The molecular formula is C23H22Cl2N2O3S. The molecule has 0 bridgehead atoms. The number of nitrogens with one attached hydrogen (secondary N) is 1. The zero-order valence-corrected chi connectivity index (χ0v) is 19.6. The lowest BCUT2D eigenvalue weighted by Gasteiger charge is -2.23. The maximum atomic E-state index is 12.6. The molecule has 3 aromatic carbocycles. The summed E-state index contributed by atoms with van der Waals surface area (Å²) in [5.74, 6) is -0.365. The molecule has 31 heavy (non-hydrogen) atoms. The minimum atomic E-state index is -3.50. The van der Waals surface area contributed by atoms with Crippen molar-refractivity contribution in [2.75, 3.05) is 15.9 Å². The molecular weight excluding hydrogens is 455 g/mol. The number of sulfonamides is 1. The minimum absolute atomic E-state index is 0.152. The Morgan fingerprint density at radius 2 is 1.55 bits per heavy atom. The number of hydrogen-bond acceptors (Lipinski definition) is 3. The van der Waals surface area contributed by atoms with E-state index in [4.69, 9.17) is 23.2 Å². The van der Waals surface area contributed by atoms with E-state index in [0.29, 0.717) is 27.0 Å². The van der Waals surface area contributed by atoms with Crippen LogP contribution in [0.2, 0.25) is 10.0 Å². The Balaban J connectivity index is 1.81. The third-order valence-corrected chi connectivity index (χ3v) is 6.69. The molecule has 0 spiro atoms. The smallest absolute Gasteiger partial charge is 0.255 e. The van der Waals surface area contributed by atoms with Gasteiger partial charge < -0.3 is 5.32 Å². The van der Waals surface area contributed by atoms with Crippen LogP contribution >= 0.6 is 23.2 Å². The quantitative estimate of drug-likeness (QED) is 0.486. The van der Waals surface area contributed by atoms with Gasteiger partial charge in [0.15, 0.2) is 0 Å². The summed E-state index contributed by atoms with van der Waals surface area (Å²) in [6.45, 7) is 4.07. The van der Waals surface area contributed by atoms with E-state index in [9.17, 15) is 13.2 Å². The fourth-order valence-electron chi connectivity index (χ4n) is 3.01. The van der Waals surface area contributed by atoms with Crippen LogP contribution in [0.1, 0.15) is 27.0 Å². The van der Waals surface area contributed by atoms with Crippen LogP contribution in [0.3, 0.4) is 0 Å². The van der Waals surface area contributed by atoms with Crippen molar-refractivity contribution in [2.24, 2.45) is 0 Å². The molecule has 0 aliphatic carbocycles. The highest BCUT2D eigenvalue weighted by Gasteiger charge is 2.19. The first-order chi connectivity index (χ1) is 14.6. The van der Waals surface area contributed by atoms with Gasteiger partial charge in [-0.05, 0) is 66.9 Å². The molecule has 0 radical (unpaired) electrons. The summed E-state index contributed by atoms with van der Waals surface area (Å²) in [5.41, 5.74) is 4.19. The molecule has 0 saturated heterocycles. The highest BCUT2D eigenvalue weighted by atomic mass is 35.5. The average Bonchev–Trinajstić information content (AvgIpc) is 2.71. The topological polar surface area (TPSA) is 66.5 Å². The summed E-state index contributed by atoms with van der Waals surface area (Å²) in [7, 11) is -3.50. The zero-order valence-electron chi connectivity index (χ0n) is 17.3. The van der Waals surface area contributed by atoms with Crippen LogP contribution in [0.25, 0.3) is 0 Å². The van der Waals surface area contributed by atoms with Gasteiger partial charge in [0.2, 0.25) is 10.0 Å². The second kappa shape index (κ2) is 9.30. The maximum Gasteiger partial charge on any atom is 0.255 e. The standard InChI is InChI=1S/C23H22Cl2N2O3S/c1-15-7-12-19(13-16(15)2)27(31(3,29)30)14-17-8-10-18(11-9-17)23(28)26-22-20(24)5-4-6-21(22)25/h4-13H,14H2,1-3H3,(H,26,28). The highest BCUT2D eigenvalue weighted by Crippen LogP contribution is 2.30. The van der Waals surface area contributed by atoms with Gasteiger partial charge in [-0.1, -0.05) is 47.5 Å². The van der Waals surface area contributed by atoms with Crippen molar-refractivity contribution in [1.82, 2.24) is 0 Å². The minimum Gasteiger partial charge on any atom is -0.319 e. The number of amides is 1. The second-order valence-corrected chi connectivity index (χ2v) is 10.0. The third kappa shape index (κ3) is 5.58. The van der Waals surface area contributed by atoms with E-state index < -0.39 is 10.0 Å². The SMILES string of the molecule is Cc1ccc(N(Cc2ccc(C(=O)Nc3c(Cl)cccc3Cl)cc2)S(C)(=O)=O)cc1C. The molecule has 0 aliphatic heterocycles. The number of carbonyl (C=O) groups excluding carboxylic acids is 1. The first kappa shape index (κ1) is 23.1. The van der Waals surface area contributed by atoms with Gasteiger partial charge in [0.25, 0.3) is 5.91 Å². The molecule has 1 amide bonds. The largest absolute Gasteiger partial charge is 0.319 e. The second-order valence-electron chi connectivity index (χ2n) is 7.29. The van der Waals surface area contributed by atoms with Gasteiger partial charge >= 0.3 is 0 Å². The van der Waals surface area contributed by atoms with Crippen molar-refractivity contribution in [1.29, 1.82) is 0 Å². The first-order valence-electron chi connectivity index (χ1n) is 9.45. The van der Waals surface area contributed by atoms with E-state index in [1.165, 1.54) is 10.6 Å². The predicted molar refractivity (Wildman–Crippen MR) is 128 cm³/mol. The van der Waals surface area contributed by atoms with Crippen LogP contribution in [0, 0.1) is 13.8 Å². The van der Waals surface area contributed by atoms with Crippen LogP contribution in [0.4, 0.5) is 11.4 Å². The van der Waals surface area contributed by atoms with E-state index in [1.54, 1.807) is 48.5 Å². The number of para-hydroxylation sites is 1. The number of anilines is 2. The summed E-state index contributed by atoms with van der Waals surface area (Å²) in [6.07, 6.45) is 1.18. The lowest BCUT2D eigenvalue weighted by atomic mass is 10.1. The fourth-order valence-corrected chi connectivity index (χ4v) is 4.38. The Hall–Kier alpha value is -2.54. The molecule has 3 aromatic rings. The number of halogens is 2. The summed E-state index contributed by atoms with van der Waals surface area (Å²) in [6, 6.07) is 17.2. The van der Waals surface area contributed by atoms with E-state index in [2.05, 4.69) is 5.32 Å². The van der Waals surface area contributed by atoms with Gasteiger partial charge in [-0.3, -0.25) is 9.10 Å². The lowest BCUT2D eigenvalue weighted by Crippen LogP contribution is -2.29. The molecule has 0 saturated carbocycles. The van der Waals surface area contributed by atoms with Gasteiger partial charge in [-0.15, -0.1) is 0 Å². The van der Waals surface area contributed by atoms with Crippen LogP contribution in [-0.4, -0.2) is 20.6 Å². The molecule has 0 fully saturated rings. The molecule has 0 heterocycles. The Morgan fingerprint density at radius 1 is 0.935 bits per heavy atom. The average molecular weight is 477 g/mol. The van der Waals surface area contributed by atoms with Crippen molar-refractivity contribution in [3.05, 3.63) is 93.0 Å². The number of carbonyl (C=O) groups is 1. The van der Waals surface area contributed by atoms with Crippen molar-refractivity contribution >= 4 is 50.5 Å². The first-order valence-corrected chi connectivity index (χ1v) is 12.1. The molecule has 3 rings (SSSR count). The monoisotopic (exact) mass is 476 g/mol. The van der Waals surface area contributed by atoms with E-state index in [0.717, 1.165) is 16.7 Å². The highest BCUT2D eigenvalue weighted by molar-refractivity contribution is 7.92. The number of benzene rings is 3. The molecule has 1 N–H and O–H groups in total. The van der Waals surface area contributed by atoms with Crippen LogP contribution in [0.15, 0.2) is 60.7 Å². The lowest BCUT2D eigenvalue weighted by molar-refractivity contribution is 0.102. The van der Waals surface area contributed by atoms with Gasteiger partial charge in [0.05, 0.1) is 34.2 Å². The van der Waals surface area contributed by atoms with E-state index in [-0.39, 0.29) is 12.5 Å². The van der Waals surface area contributed by atoms with Crippen molar-refractivity contribution in [3.8, 4) is 0 Å². The summed E-state index contributed by atoms with van der Waals surface area (Å²) in [5, 5.41) is 3.39. The Bertz CT molecular complexity index is 1210. The normalized spacial score (nSPS) is 11.3. The van der Waals surface area contributed by atoms with Crippen LogP contribution in [0.5, 0.6) is 0 Å². The molecule has 0 unspecified atom stereocenters. The van der Waals surface area contributed by atoms with Crippen molar-refractivity contribution < 1.29 is 13.2 Å². The molecule has 0 aromatic heterocycles. The number of rotatable bonds is 6. The summed E-state index contributed by atoms with van der Waals surface area (Å²) >= 11 is 12.2. The molecule has 162 valence electrons. The molecule has 5 nitrogen and oxygen atoms in total. The maximum absolute atomic E-state index is 12.6. The predicted octanol–water partition coefficient (Wildman–Crippen LogP) is 5.83. The third-order valence-electron chi connectivity index (χ3n) is 4.92. The Kier molecular flexibility index (Phi) is 6.94. The summed E-state index contributed by atoms with van der Waals surface area (Å²) in [4.78, 5) is 12.6. The van der Waals surface area contributed by atoms with Gasteiger partial charge in [0, 0.05) is 5.56 Å². The number of hydrogen-bond donors (Lipinski definition) is 1. The Labute approximate surface area is 192 Å². The van der Waals surface area contributed by atoms with E-state index >= 15 is 0 Å². The molecule has 0 aliphatic rings. The van der Waals surface area contributed by atoms with Gasteiger partial charge in [-0.25, -0.2) is 8.42 Å². The summed E-state index contributed by atoms with van der Waals surface area (Å²) < 4.78 is 26.2. The molecule has 8 heteroatoms. The molecule has 0 atom stereocenters. The van der Waals surface area contributed by atoms with Crippen molar-refractivity contribution in [3.63, 3.8) is 0 Å². The van der Waals surface area contributed by atoms with Gasteiger partial charge in [-0.2, -0.15) is 0 Å². The van der Waals surface area contributed by atoms with Crippen LogP contribution < -0.4 is 9.62 Å². The van der Waals surface area contributed by atoms with Crippen molar-refractivity contribution in [2.45, 2.75) is 20.4 Å². The zero-order chi connectivity index (χ0) is 22.8. The fraction of sp³-hybridized carbons (Fsp3) is 0.174. The van der Waals surface area contributed by atoms with E-state index in [1.807, 2.05) is 26.0 Å². The Morgan fingerprint density at radius 3 is 2.10 bits per heavy atom. The van der Waals surface area contributed by atoms with Gasteiger partial charge in [0.1, 0.15) is 0 Å². The number of aryl methyl sites for hydroxylation is 2. The number of nitrogens with zero attached hydrogens (tertiary/aromatic N) is 1.